The lowest BCUT2D eigenvalue weighted by Crippen LogP contribution is -2.16. The van der Waals surface area contributed by atoms with Crippen LogP contribution in [0.4, 0.5) is 0 Å². The summed E-state index contributed by atoms with van der Waals surface area (Å²) in [5.74, 6) is 2.18. The highest BCUT2D eigenvalue weighted by molar-refractivity contribution is 5.20. The Morgan fingerprint density at radius 2 is 1.58 bits per heavy atom. The molecule has 0 amide bonds. The molecule has 1 aromatic rings. The van der Waals surface area contributed by atoms with E-state index in [1.54, 1.807) is 0 Å². The Kier molecular flexibility index (Phi) is 7.15. The third-order valence-corrected chi connectivity index (χ3v) is 3.78. The van der Waals surface area contributed by atoms with Gasteiger partial charge in [-0.05, 0) is 36.7 Å². The summed E-state index contributed by atoms with van der Waals surface area (Å²) in [7, 11) is 0. The first-order valence-corrected chi connectivity index (χ1v) is 7.62. The Labute approximate surface area is 119 Å². The molecular formula is C18H30O. The van der Waals surface area contributed by atoms with Crippen LogP contribution in [0, 0.1) is 24.7 Å². The van der Waals surface area contributed by atoms with Crippen LogP contribution in [0.25, 0.3) is 0 Å². The van der Waals surface area contributed by atoms with E-state index in [0.717, 1.165) is 19.1 Å². The van der Waals surface area contributed by atoms with Crippen molar-refractivity contribution in [3.05, 3.63) is 35.4 Å². The Bertz CT molecular complexity index is 337. The minimum absolute atomic E-state index is 0.688. The molecule has 1 atom stereocenters. The smallest absolute Gasteiger partial charge is 0.0717 e. The minimum atomic E-state index is 0.688. The lowest BCUT2D eigenvalue weighted by atomic mass is 9.89. The fourth-order valence-electron chi connectivity index (χ4n) is 2.17. The first kappa shape index (κ1) is 16.2. The van der Waals surface area contributed by atoms with Crippen LogP contribution in [0.2, 0.25) is 0 Å². The molecule has 0 aliphatic heterocycles. The van der Waals surface area contributed by atoms with Crippen LogP contribution >= 0.6 is 0 Å². The van der Waals surface area contributed by atoms with Crippen molar-refractivity contribution in [2.24, 2.45) is 17.8 Å². The predicted octanol–water partition coefficient (Wildman–Crippen LogP) is 5.22. The van der Waals surface area contributed by atoms with Crippen LogP contribution in [0.15, 0.2) is 24.3 Å². The number of rotatable bonds is 8. The highest BCUT2D eigenvalue weighted by Gasteiger charge is 2.14. The van der Waals surface area contributed by atoms with E-state index >= 15 is 0 Å². The van der Waals surface area contributed by atoms with E-state index in [-0.39, 0.29) is 0 Å². The fourth-order valence-corrected chi connectivity index (χ4v) is 2.17. The van der Waals surface area contributed by atoms with Gasteiger partial charge in [0.2, 0.25) is 0 Å². The maximum Gasteiger partial charge on any atom is 0.0717 e. The summed E-state index contributed by atoms with van der Waals surface area (Å²) in [4.78, 5) is 0. The van der Waals surface area contributed by atoms with Crippen LogP contribution in [0.1, 0.15) is 51.7 Å². The molecule has 0 bridgehead atoms. The fraction of sp³-hybridized carbons (Fsp3) is 0.667. The lowest BCUT2D eigenvalue weighted by Gasteiger charge is -2.21. The Hall–Kier alpha value is -0.820. The van der Waals surface area contributed by atoms with Crippen LogP contribution in [0.5, 0.6) is 0 Å². The van der Waals surface area contributed by atoms with E-state index < -0.39 is 0 Å². The molecule has 0 fully saturated rings. The van der Waals surface area contributed by atoms with Gasteiger partial charge in [0.25, 0.3) is 0 Å². The molecule has 1 heteroatoms. The van der Waals surface area contributed by atoms with Gasteiger partial charge in [-0.25, -0.2) is 0 Å². The van der Waals surface area contributed by atoms with E-state index in [0.29, 0.717) is 11.8 Å². The first-order chi connectivity index (χ1) is 8.99. The van der Waals surface area contributed by atoms with Gasteiger partial charge < -0.3 is 4.74 Å². The summed E-state index contributed by atoms with van der Waals surface area (Å²) < 4.78 is 5.92. The number of ether oxygens (including phenoxy) is 1. The number of aryl methyl sites for hydroxylation is 1. The zero-order valence-electron chi connectivity index (χ0n) is 13.3. The summed E-state index contributed by atoms with van der Waals surface area (Å²) in [5, 5.41) is 0. The van der Waals surface area contributed by atoms with Gasteiger partial charge in [0.05, 0.1) is 13.2 Å². The second kappa shape index (κ2) is 8.37. The van der Waals surface area contributed by atoms with Gasteiger partial charge in [0, 0.05) is 0 Å². The average Bonchev–Trinajstić information content (AvgIpc) is 2.35. The average molecular weight is 262 g/mol. The molecule has 0 radical (unpaired) electrons. The van der Waals surface area contributed by atoms with Crippen molar-refractivity contribution in [1.29, 1.82) is 0 Å². The maximum atomic E-state index is 5.92. The monoisotopic (exact) mass is 262 g/mol. The molecule has 0 heterocycles. The molecule has 0 N–H and O–H groups in total. The third kappa shape index (κ3) is 6.77. The zero-order chi connectivity index (χ0) is 14.3. The molecule has 0 aromatic heterocycles. The minimum Gasteiger partial charge on any atom is -0.376 e. The Balaban J connectivity index is 2.33. The van der Waals surface area contributed by atoms with E-state index in [4.69, 9.17) is 4.74 Å². The van der Waals surface area contributed by atoms with E-state index in [1.165, 1.54) is 24.0 Å². The summed E-state index contributed by atoms with van der Waals surface area (Å²) in [6.07, 6.45) is 2.58. The predicted molar refractivity (Wildman–Crippen MR) is 83.2 cm³/mol. The van der Waals surface area contributed by atoms with Crippen molar-refractivity contribution in [3.63, 3.8) is 0 Å². The Morgan fingerprint density at radius 3 is 2.11 bits per heavy atom. The van der Waals surface area contributed by atoms with Crippen molar-refractivity contribution >= 4 is 0 Å². The quantitative estimate of drug-likeness (QED) is 0.624. The largest absolute Gasteiger partial charge is 0.376 e. The van der Waals surface area contributed by atoms with Crippen molar-refractivity contribution in [2.45, 2.75) is 54.1 Å². The highest BCUT2D eigenvalue weighted by atomic mass is 16.5. The van der Waals surface area contributed by atoms with Crippen LogP contribution < -0.4 is 0 Å². The zero-order valence-corrected chi connectivity index (χ0v) is 13.3. The highest BCUT2D eigenvalue weighted by Crippen LogP contribution is 2.21. The molecule has 0 unspecified atom stereocenters. The number of hydrogen-bond acceptors (Lipinski definition) is 1. The summed E-state index contributed by atoms with van der Waals surface area (Å²) >= 11 is 0. The topological polar surface area (TPSA) is 9.23 Å². The van der Waals surface area contributed by atoms with Crippen LogP contribution in [-0.4, -0.2) is 6.61 Å². The summed E-state index contributed by atoms with van der Waals surface area (Å²) in [6, 6.07) is 8.62. The molecule has 1 nitrogen and oxygen atoms in total. The molecule has 1 rings (SSSR count). The Morgan fingerprint density at radius 1 is 0.947 bits per heavy atom. The summed E-state index contributed by atoms with van der Waals surface area (Å²) in [6.45, 7) is 12.9. The lowest BCUT2D eigenvalue weighted by molar-refractivity contribution is 0.0660. The van der Waals surface area contributed by atoms with E-state index in [2.05, 4.69) is 58.9 Å². The van der Waals surface area contributed by atoms with Crippen molar-refractivity contribution < 1.29 is 4.74 Å². The molecule has 1 aromatic carbocycles. The van der Waals surface area contributed by atoms with Gasteiger partial charge in [0.1, 0.15) is 0 Å². The third-order valence-electron chi connectivity index (χ3n) is 3.78. The molecule has 108 valence electrons. The second-order valence-electron chi connectivity index (χ2n) is 6.48. The first-order valence-electron chi connectivity index (χ1n) is 7.62. The molecular weight excluding hydrogens is 232 g/mol. The van der Waals surface area contributed by atoms with Crippen molar-refractivity contribution in [1.82, 2.24) is 0 Å². The molecule has 0 spiro atoms. The van der Waals surface area contributed by atoms with Gasteiger partial charge in [-0.1, -0.05) is 63.9 Å². The normalized spacial score (nSPS) is 13.2. The maximum absolute atomic E-state index is 5.92. The molecule has 0 aliphatic carbocycles. The molecule has 0 saturated heterocycles. The van der Waals surface area contributed by atoms with E-state index in [9.17, 15) is 0 Å². The second-order valence-corrected chi connectivity index (χ2v) is 6.48. The van der Waals surface area contributed by atoms with Gasteiger partial charge in [0.15, 0.2) is 0 Å². The van der Waals surface area contributed by atoms with Gasteiger partial charge >= 0.3 is 0 Å². The van der Waals surface area contributed by atoms with Crippen molar-refractivity contribution in [3.8, 4) is 0 Å². The van der Waals surface area contributed by atoms with Gasteiger partial charge in [-0.3, -0.25) is 0 Å². The number of hydrogen-bond donors (Lipinski definition) is 0. The molecule has 0 aliphatic rings. The molecule has 0 saturated carbocycles. The summed E-state index contributed by atoms with van der Waals surface area (Å²) in [5.41, 5.74) is 2.58. The van der Waals surface area contributed by atoms with Crippen molar-refractivity contribution in [2.75, 3.05) is 6.61 Å². The van der Waals surface area contributed by atoms with Crippen LogP contribution in [-0.2, 0) is 11.3 Å². The van der Waals surface area contributed by atoms with Gasteiger partial charge in [-0.15, -0.1) is 0 Å². The SMILES string of the molecule is Cc1ccc(COC[C@@H](CCC(C)C)C(C)C)cc1. The standard InChI is InChI=1S/C18H30O/c1-14(2)6-11-18(15(3)4)13-19-12-17-9-7-16(5)8-10-17/h7-10,14-15,18H,6,11-13H2,1-5H3/t18-/m1/s1. The number of benzene rings is 1. The van der Waals surface area contributed by atoms with E-state index in [1.807, 2.05) is 0 Å². The van der Waals surface area contributed by atoms with Gasteiger partial charge in [-0.2, -0.15) is 0 Å². The molecule has 19 heavy (non-hydrogen) atoms. The van der Waals surface area contributed by atoms with Crippen LogP contribution in [0.3, 0.4) is 0 Å².